The molecule has 23 heavy (non-hydrogen) atoms. The highest BCUT2D eigenvalue weighted by Gasteiger charge is 2.43. The van der Waals surface area contributed by atoms with Crippen LogP contribution in [0, 0.1) is 11.8 Å². The van der Waals surface area contributed by atoms with Crippen molar-refractivity contribution in [3.05, 3.63) is 12.3 Å². The Balaban J connectivity index is 1.58. The first-order valence-electron chi connectivity index (χ1n) is 7.73. The molecule has 1 aromatic heterocycles. The van der Waals surface area contributed by atoms with E-state index in [-0.39, 0.29) is 11.8 Å². The van der Waals surface area contributed by atoms with Crippen molar-refractivity contribution in [2.45, 2.75) is 12.8 Å². The maximum atomic E-state index is 12.4. The van der Waals surface area contributed by atoms with Gasteiger partial charge >= 0.3 is 5.97 Å². The van der Waals surface area contributed by atoms with E-state index in [1.807, 2.05) is 4.90 Å². The zero-order valence-corrected chi connectivity index (χ0v) is 13.0. The third kappa shape index (κ3) is 3.06. The standard InChI is InChI=1S/C15H20N4O4/c1-23-12-4-5-16-15(17-12)19-8-6-18(7-9-19)13(20)10-2-3-11(10)14(21)22/h4-5,10-11H,2-3,6-9H2,1H3,(H,21,22). The van der Waals surface area contributed by atoms with Crippen molar-refractivity contribution in [2.75, 3.05) is 38.2 Å². The molecule has 2 fully saturated rings. The lowest BCUT2D eigenvalue weighted by molar-refractivity contribution is -0.156. The van der Waals surface area contributed by atoms with Crippen LogP contribution in [-0.2, 0) is 9.59 Å². The molecule has 1 aliphatic carbocycles. The molecule has 1 N–H and O–H groups in total. The maximum absolute atomic E-state index is 12.4. The van der Waals surface area contributed by atoms with Crippen LogP contribution in [0.4, 0.5) is 5.95 Å². The second kappa shape index (κ2) is 6.39. The Morgan fingerprint density at radius 3 is 2.48 bits per heavy atom. The van der Waals surface area contributed by atoms with E-state index in [0.29, 0.717) is 50.8 Å². The molecule has 1 saturated carbocycles. The summed E-state index contributed by atoms with van der Waals surface area (Å²) in [6.07, 6.45) is 2.92. The van der Waals surface area contributed by atoms with Crippen molar-refractivity contribution >= 4 is 17.8 Å². The Morgan fingerprint density at radius 2 is 1.91 bits per heavy atom. The molecule has 1 amide bonds. The van der Waals surface area contributed by atoms with Crippen LogP contribution in [0.15, 0.2) is 12.3 Å². The topological polar surface area (TPSA) is 95.9 Å². The molecule has 2 heterocycles. The summed E-state index contributed by atoms with van der Waals surface area (Å²) < 4.78 is 5.09. The van der Waals surface area contributed by atoms with Crippen LogP contribution in [0.3, 0.4) is 0 Å². The highest BCUT2D eigenvalue weighted by atomic mass is 16.5. The van der Waals surface area contributed by atoms with Gasteiger partial charge in [-0.3, -0.25) is 9.59 Å². The predicted molar refractivity (Wildman–Crippen MR) is 81.2 cm³/mol. The molecular weight excluding hydrogens is 300 g/mol. The van der Waals surface area contributed by atoms with E-state index < -0.39 is 11.9 Å². The fourth-order valence-corrected chi connectivity index (χ4v) is 3.05. The molecule has 2 aliphatic rings. The van der Waals surface area contributed by atoms with E-state index in [2.05, 4.69) is 9.97 Å². The summed E-state index contributed by atoms with van der Waals surface area (Å²) in [6.45, 7) is 2.37. The van der Waals surface area contributed by atoms with E-state index in [1.54, 1.807) is 24.3 Å². The molecule has 0 radical (unpaired) electrons. The molecular formula is C15H20N4O4. The summed E-state index contributed by atoms with van der Waals surface area (Å²) in [5, 5.41) is 9.08. The predicted octanol–water partition coefficient (Wildman–Crippen LogP) is 0.245. The van der Waals surface area contributed by atoms with Gasteiger partial charge in [-0.05, 0) is 12.8 Å². The molecule has 8 nitrogen and oxygen atoms in total. The number of methoxy groups -OCH3 is 1. The number of amides is 1. The van der Waals surface area contributed by atoms with Gasteiger partial charge in [0.05, 0.1) is 18.9 Å². The fourth-order valence-electron chi connectivity index (χ4n) is 3.05. The van der Waals surface area contributed by atoms with Gasteiger partial charge in [-0.25, -0.2) is 4.98 Å². The number of rotatable bonds is 4. The Morgan fingerprint density at radius 1 is 1.22 bits per heavy atom. The largest absolute Gasteiger partial charge is 0.481 e. The minimum atomic E-state index is -0.863. The Labute approximate surface area is 134 Å². The number of piperazine rings is 1. The third-order valence-corrected chi connectivity index (χ3v) is 4.61. The van der Waals surface area contributed by atoms with E-state index in [4.69, 9.17) is 9.84 Å². The van der Waals surface area contributed by atoms with Crippen molar-refractivity contribution in [3.8, 4) is 5.88 Å². The molecule has 2 unspecified atom stereocenters. The van der Waals surface area contributed by atoms with Gasteiger partial charge in [0.1, 0.15) is 0 Å². The molecule has 0 bridgehead atoms. The summed E-state index contributed by atoms with van der Waals surface area (Å²) in [6, 6.07) is 1.69. The molecule has 124 valence electrons. The quantitative estimate of drug-likeness (QED) is 0.849. The average Bonchev–Trinajstić information content (AvgIpc) is 2.53. The second-order valence-electron chi connectivity index (χ2n) is 5.84. The minimum absolute atomic E-state index is 0.0325. The number of carbonyl (C=O) groups is 2. The first kappa shape index (κ1) is 15.5. The highest BCUT2D eigenvalue weighted by Crippen LogP contribution is 2.36. The number of carboxylic acid groups (broad SMARTS) is 1. The van der Waals surface area contributed by atoms with Crippen LogP contribution >= 0.6 is 0 Å². The Hall–Kier alpha value is -2.38. The highest BCUT2D eigenvalue weighted by molar-refractivity contribution is 5.86. The van der Waals surface area contributed by atoms with Gasteiger partial charge in [0, 0.05) is 38.4 Å². The van der Waals surface area contributed by atoms with Crippen LogP contribution in [-0.4, -0.2) is 65.1 Å². The van der Waals surface area contributed by atoms with Gasteiger partial charge in [0.2, 0.25) is 17.7 Å². The van der Waals surface area contributed by atoms with Gasteiger partial charge in [0.15, 0.2) is 0 Å². The summed E-state index contributed by atoms with van der Waals surface area (Å²) in [4.78, 5) is 35.8. The van der Waals surface area contributed by atoms with E-state index >= 15 is 0 Å². The molecule has 3 rings (SSSR count). The zero-order valence-electron chi connectivity index (χ0n) is 13.0. The van der Waals surface area contributed by atoms with Gasteiger partial charge < -0.3 is 19.6 Å². The number of hydrogen-bond donors (Lipinski definition) is 1. The van der Waals surface area contributed by atoms with Crippen LogP contribution in [0.25, 0.3) is 0 Å². The SMILES string of the molecule is COc1ccnc(N2CCN(C(=O)C3CCC3C(=O)O)CC2)n1. The molecule has 0 spiro atoms. The molecule has 0 aromatic carbocycles. The lowest BCUT2D eigenvalue weighted by Gasteiger charge is -2.40. The normalized spacial score (nSPS) is 24.0. The molecule has 2 atom stereocenters. The first-order valence-corrected chi connectivity index (χ1v) is 7.73. The number of carbonyl (C=O) groups excluding carboxylic acids is 1. The van der Waals surface area contributed by atoms with Gasteiger partial charge in [-0.15, -0.1) is 0 Å². The number of aliphatic carboxylic acids is 1. The lowest BCUT2D eigenvalue weighted by atomic mass is 9.73. The number of anilines is 1. The van der Waals surface area contributed by atoms with Crippen LogP contribution in [0.5, 0.6) is 5.88 Å². The molecule has 1 aromatic rings. The number of aromatic nitrogens is 2. The van der Waals surface area contributed by atoms with Crippen molar-refractivity contribution in [3.63, 3.8) is 0 Å². The fraction of sp³-hybridized carbons (Fsp3) is 0.600. The van der Waals surface area contributed by atoms with E-state index in [1.165, 1.54) is 0 Å². The maximum Gasteiger partial charge on any atom is 0.307 e. The Bertz CT molecular complexity index is 601. The van der Waals surface area contributed by atoms with Gasteiger partial charge in [-0.1, -0.05) is 0 Å². The minimum Gasteiger partial charge on any atom is -0.481 e. The number of hydrogen-bond acceptors (Lipinski definition) is 6. The molecule has 1 aliphatic heterocycles. The van der Waals surface area contributed by atoms with E-state index in [9.17, 15) is 9.59 Å². The van der Waals surface area contributed by atoms with E-state index in [0.717, 1.165) is 0 Å². The van der Waals surface area contributed by atoms with Crippen molar-refractivity contribution < 1.29 is 19.4 Å². The number of nitrogens with zero attached hydrogens (tertiary/aromatic N) is 4. The Kier molecular flexibility index (Phi) is 4.31. The summed E-state index contributed by atoms with van der Waals surface area (Å²) >= 11 is 0. The summed E-state index contributed by atoms with van der Waals surface area (Å²) in [5.41, 5.74) is 0. The summed E-state index contributed by atoms with van der Waals surface area (Å²) in [7, 11) is 1.56. The second-order valence-corrected chi connectivity index (χ2v) is 5.84. The monoisotopic (exact) mass is 320 g/mol. The zero-order chi connectivity index (χ0) is 16.4. The number of ether oxygens (including phenoxy) is 1. The summed E-state index contributed by atoms with van der Waals surface area (Å²) in [5.74, 6) is -0.668. The van der Waals surface area contributed by atoms with Crippen LogP contribution in [0.2, 0.25) is 0 Å². The van der Waals surface area contributed by atoms with Crippen LogP contribution < -0.4 is 9.64 Å². The first-order chi connectivity index (χ1) is 11.1. The van der Waals surface area contributed by atoms with Gasteiger partial charge in [-0.2, -0.15) is 4.98 Å². The molecule has 1 saturated heterocycles. The van der Waals surface area contributed by atoms with Crippen molar-refractivity contribution in [1.82, 2.24) is 14.9 Å². The van der Waals surface area contributed by atoms with Crippen molar-refractivity contribution in [1.29, 1.82) is 0 Å². The van der Waals surface area contributed by atoms with Crippen molar-refractivity contribution in [2.24, 2.45) is 11.8 Å². The van der Waals surface area contributed by atoms with Crippen LogP contribution in [0.1, 0.15) is 12.8 Å². The average molecular weight is 320 g/mol. The third-order valence-electron chi connectivity index (χ3n) is 4.61. The molecule has 8 heteroatoms. The number of carboxylic acids is 1. The van der Waals surface area contributed by atoms with Gasteiger partial charge in [0.25, 0.3) is 0 Å². The lowest BCUT2D eigenvalue weighted by Crippen LogP contribution is -2.53. The smallest absolute Gasteiger partial charge is 0.307 e.